The van der Waals surface area contributed by atoms with Crippen molar-refractivity contribution in [2.75, 3.05) is 6.61 Å². The zero-order valence-corrected chi connectivity index (χ0v) is 13.9. The van der Waals surface area contributed by atoms with Crippen LogP contribution in [0.4, 0.5) is 0 Å². The lowest BCUT2D eigenvalue weighted by Gasteiger charge is -2.12. The van der Waals surface area contributed by atoms with Crippen LogP contribution >= 0.6 is 27.5 Å². The van der Waals surface area contributed by atoms with Crippen molar-refractivity contribution in [3.05, 3.63) is 32.8 Å². The van der Waals surface area contributed by atoms with Crippen molar-refractivity contribution < 1.29 is 14.6 Å². The highest BCUT2D eigenvalue weighted by molar-refractivity contribution is 9.10. The van der Waals surface area contributed by atoms with E-state index in [1.165, 1.54) is 6.08 Å². The third kappa shape index (κ3) is 5.41. The molecule has 1 aromatic carbocycles. The Morgan fingerprint density at radius 3 is 2.81 bits per heavy atom. The van der Waals surface area contributed by atoms with E-state index in [0.29, 0.717) is 27.4 Å². The summed E-state index contributed by atoms with van der Waals surface area (Å²) in [5.41, 5.74) is 0.0902. The number of benzene rings is 1. The van der Waals surface area contributed by atoms with Gasteiger partial charge in [-0.05, 0) is 40.6 Å². The van der Waals surface area contributed by atoms with Gasteiger partial charge in [-0.2, -0.15) is 5.26 Å². The summed E-state index contributed by atoms with van der Waals surface area (Å²) in [6.45, 7) is 2.61. The second kappa shape index (κ2) is 8.71. The highest BCUT2D eigenvalue weighted by Gasteiger charge is 2.13. The fourth-order valence-electron chi connectivity index (χ4n) is 1.66. The molecule has 21 heavy (non-hydrogen) atoms. The number of nitriles is 1. The first-order chi connectivity index (χ1) is 9.99. The van der Waals surface area contributed by atoms with E-state index in [4.69, 9.17) is 26.7 Å². The molecular weight excluding hydrogens is 358 g/mol. The molecule has 0 unspecified atom stereocenters. The molecule has 0 fully saturated rings. The maximum atomic E-state index is 10.9. The average molecular weight is 373 g/mol. The lowest BCUT2D eigenvalue weighted by atomic mass is 10.1. The van der Waals surface area contributed by atoms with Crippen molar-refractivity contribution in [3.8, 4) is 11.8 Å². The van der Waals surface area contributed by atoms with Crippen molar-refractivity contribution in [1.29, 1.82) is 5.26 Å². The van der Waals surface area contributed by atoms with Crippen LogP contribution in [0.2, 0.25) is 5.02 Å². The predicted molar refractivity (Wildman–Crippen MR) is 85.4 cm³/mol. The monoisotopic (exact) mass is 371 g/mol. The van der Waals surface area contributed by atoms with Gasteiger partial charge < -0.3 is 9.84 Å². The van der Waals surface area contributed by atoms with Crippen molar-refractivity contribution in [1.82, 2.24) is 0 Å². The topological polar surface area (TPSA) is 70.3 Å². The quantitative estimate of drug-likeness (QED) is 0.429. The van der Waals surface area contributed by atoms with Gasteiger partial charge in [-0.3, -0.25) is 0 Å². The molecule has 0 spiro atoms. The lowest BCUT2D eigenvalue weighted by molar-refractivity contribution is -0.132. The van der Waals surface area contributed by atoms with E-state index in [2.05, 4.69) is 22.9 Å². The van der Waals surface area contributed by atoms with Gasteiger partial charge in [0.15, 0.2) is 0 Å². The van der Waals surface area contributed by atoms with Crippen molar-refractivity contribution in [2.24, 2.45) is 0 Å². The molecule has 6 heteroatoms. The molecule has 1 N–H and O–H groups in total. The maximum absolute atomic E-state index is 10.9. The van der Waals surface area contributed by atoms with E-state index in [-0.39, 0.29) is 5.57 Å². The number of hydrogen-bond acceptors (Lipinski definition) is 3. The first-order valence-electron chi connectivity index (χ1n) is 6.46. The van der Waals surface area contributed by atoms with Gasteiger partial charge in [-0.1, -0.05) is 31.4 Å². The Hall–Kier alpha value is -1.51. The van der Waals surface area contributed by atoms with Gasteiger partial charge in [-0.15, -0.1) is 0 Å². The summed E-state index contributed by atoms with van der Waals surface area (Å²) in [5.74, 6) is -0.796. The van der Waals surface area contributed by atoms with Crippen LogP contribution in [0.1, 0.15) is 31.7 Å². The smallest absolute Gasteiger partial charge is 0.346 e. The fraction of sp³-hybridized carbons (Fsp3) is 0.333. The summed E-state index contributed by atoms with van der Waals surface area (Å²) in [7, 11) is 0. The van der Waals surface area contributed by atoms with E-state index >= 15 is 0 Å². The third-order valence-corrected chi connectivity index (χ3v) is 3.49. The molecule has 1 rings (SSSR count). The minimum atomic E-state index is -1.29. The van der Waals surface area contributed by atoms with Crippen molar-refractivity contribution >= 4 is 39.6 Å². The molecular formula is C15H15BrClNO3. The lowest BCUT2D eigenvalue weighted by Crippen LogP contribution is -2.01. The third-order valence-electron chi connectivity index (χ3n) is 2.68. The van der Waals surface area contributed by atoms with E-state index < -0.39 is 5.97 Å². The van der Waals surface area contributed by atoms with Crippen LogP contribution < -0.4 is 4.74 Å². The number of nitrogens with zero attached hydrogens (tertiary/aromatic N) is 1. The number of carbonyl (C=O) groups is 1. The largest absolute Gasteiger partial charge is 0.492 e. The maximum Gasteiger partial charge on any atom is 0.346 e. The van der Waals surface area contributed by atoms with Crippen LogP contribution in [0.25, 0.3) is 6.08 Å². The first-order valence-corrected chi connectivity index (χ1v) is 7.63. The summed E-state index contributed by atoms with van der Waals surface area (Å²) in [5, 5.41) is 18.2. The SMILES string of the molecule is CCCCCOc1c(Br)cc(Cl)cc1C=C(C#N)C(=O)O. The normalized spacial score (nSPS) is 11.0. The summed E-state index contributed by atoms with van der Waals surface area (Å²) in [6, 6.07) is 4.88. The van der Waals surface area contributed by atoms with Crippen LogP contribution in [0.3, 0.4) is 0 Å². The molecule has 0 atom stereocenters. The van der Waals surface area contributed by atoms with Crippen molar-refractivity contribution in [2.45, 2.75) is 26.2 Å². The zero-order chi connectivity index (χ0) is 15.8. The Morgan fingerprint density at radius 2 is 2.24 bits per heavy atom. The van der Waals surface area contributed by atoms with Gasteiger partial charge in [-0.25, -0.2) is 4.79 Å². The summed E-state index contributed by atoms with van der Waals surface area (Å²) < 4.78 is 6.32. The van der Waals surface area contributed by atoms with Gasteiger partial charge in [0.05, 0.1) is 11.1 Å². The Labute approximate surface area is 137 Å². The molecule has 0 aromatic heterocycles. The standard InChI is InChI=1S/C15H15BrClNO3/c1-2-3-4-5-21-14-10(6-11(9-18)15(19)20)7-12(17)8-13(14)16/h6-8H,2-5H2,1H3,(H,19,20). The van der Waals surface area contributed by atoms with E-state index in [9.17, 15) is 4.79 Å². The van der Waals surface area contributed by atoms with Gasteiger partial charge >= 0.3 is 5.97 Å². The summed E-state index contributed by atoms with van der Waals surface area (Å²) >= 11 is 9.31. The number of carboxylic acids is 1. The number of rotatable bonds is 7. The summed E-state index contributed by atoms with van der Waals surface area (Å²) in [6.07, 6.45) is 4.29. The molecule has 0 bridgehead atoms. The number of ether oxygens (including phenoxy) is 1. The molecule has 0 saturated heterocycles. The highest BCUT2D eigenvalue weighted by Crippen LogP contribution is 2.34. The Morgan fingerprint density at radius 1 is 1.52 bits per heavy atom. The van der Waals surface area contributed by atoms with E-state index in [1.807, 2.05) is 0 Å². The summed E-state index contributed by atoms with van der Waals surface area (Å²) in [4.78, 5) is 10.9. The number of aliphatic carboxylic acids is 1. The predicted octanol–water partition coefficient (Wildman–Crippen LogP) is 4.66. The number of halogens is 2. The van der Waals surface area contributed by atoms with Crippen LogP contribution in [0.15, 0.2) is 22.2 Å². The van der Waals surface area contributed by atoms with Gasteiger partial charge in [0.1, 0.15) is 17.4 Å². The zero-order valence-electron chi connectivity index (χ0n) is 11.5. The molecule has 4 nitrogen and oxygen atoms in total. The number of carboxylic acid groups (broad SMARTS) is 1. The highest BCUT2D eigenvalue weighted by atomic mass is 79.9. The molecule has 0 radical (unpaired) electrons. The second-order valence-electron chi connectivity index (χ2n) is 4.34. The number of unbranched alkanes of at least 4 members (excludes halogenated alkanes) is 2. The number of hydrogen-bond donors (Lipinski definition) is 1. The molecule has 112 valence electrons. The molecule has 0 heterocycles. The minimum Gasteiger partial charge on any atom is -0.492 e. The Bertz CT molecular complexity index is 593. The van der Waals surface area contributed by atoms with Crippen LogP contribution in [-0.2, 0) is 4.79 Å². The molecule has 0 saturated carbocycles. The molecule has 0 aliphatic rings. The Kier molecular flexibility index (Phi) is 7.27. The van der Waals surface area contributed by atoms with Gasteiger partial charge in [0.2, 0.25) is 0 Å². The van der Waals surface area contributed by atoms with Crippen LogP contribution in [-0.4, -0.2) is 17.7 Å². The second-order valence-corrected chi connectivity index (χ2v) is 5.63. The van der Waals surface area contributed by atoms with Gasteiger partial charge in [0, 0.05) is 10.6 Å². The van der Waals surface area contributed by atoms with Crippen molar-refractivity contribution in [3.63, 3.8) is 0 Å². The molecule has 0 aliphatic heterocycles. The molecule has 0 aliphatic carbocycles. The average Bonchev–Trinajstić information content (AvgIpc) is 2.42. The van der Waals surface area contributed by atoms with Gasteiger partial charge in [0.25, 0.3) is 0 Å². The van der Waals surface area contributed by atoms with E-state index in [0.717, 1.165) is 19.3 Å². The molecule has 0 amide bonds. The fourth-order valence-corrected chi connectivity index (χ4v) is 2.61. The first kappa shape index (κ1) is 17.5. The van der Waals surface area contributed by atoms with Crippen LogP contribution in [0, 0.1) is 11.3 Å². The van der Waals surface area contributed by atoms with Crippen LogP contribution in [0.5, 0.6) is 5.75 Å². The Balaban J connectivity index is 3.12. The molecule has 1 aromatic rings. The van der Waals surface area contributed by atoms with E-state index in [1.54, 1.807) is 18.2 Å². The minimum absolute atomic E-state index is 0.373.